The SMILES string of the molecule is CCOC(=O)Nc1cnccc1CN1CN(c2ccc(OC(F)(F)F)cc2)CC1(C)C. The van der Waals surface area contributed by atoms with Crippen LogP contribution in [0.1, 0.15) is 26.3 Å². The summed E-state index contributed by atoms with van der Waals surface area (Å²) in [6.07, 6.45) is -2.02. The number of rotatable bonds is 6. The summed E-state index contributed by atoms with van der Waals surface area (Å²) in [6, 6.07) is 7.68. The Bertz CT molecular complexity index is 903. The number of aromatic nitrogens is 1. The number of nitrogens with zero attached hydrogens (tertiary/aromatic N) is 3. The van der Waals surface area contributed by atoms with E-state index < -0.39 is 12.5 Å². The molecule has 0 unspecified atom stereocenters. The Balaban J connectivity index is 1.71. The minimum absolute atomic E-state index is 0.217. The smallest absolute Gasteiger partial charge is 0.450 e. The zero-order chi connectivity index (χ0) is 22.6. The van der Waals surface area contributed by atoms with Gasteiger partial charge in [0.2, 0.25) is 0 Å². The van der Waals surface area contributed by atoms with E-state index in [4.69, 9.17) is 4.74 Å². The van der Waals surface area contributed by atoms with Crippen LogP contribution in [-0.2, 0) is 11.3 Å². The molecule has 0 saturated carbocycles. The molecule has 1 N–H and O–H groups in total. The molecule has 1 fully saturated rings. The van der Waals surface area contributed by atoms with E-state index in [1.807, 2.05) is 6.07 Å². The van der Waals surface area contributed by atoms with E-state index in [2.05, 4.69) is 38.7 Å². The van der Waals surface area contributed by atoms with Crippen LogP contribution >= 0.6 is 0 Å². The Kier molecular flexibility index (Phi) is 6.59. The maximum absolute atomic E-state index is 12.4. The fourth-order valence-electron chi connectivity index (χ4n) is 3.47. The van der Waals surface area contributed by atoms with Crippen molar-refractivity contribution in [2.24, 2.45) is 0 Å². The molecule has 2 heterocycles. The average Bonchev–Trinajstić information content (AvgIpc) is 2.97. The van der Waals surface area contributed by atoms with Crippen LogP contribution in [0.4, 0.5) is 29.3 Å². The Hall–Kier alpha value is -3.01. The molecule has 1 amide bonds. The number of alkyl halides is 3. The molecule has 1 aromatic carbocycles. The average molecular weight is 438 g/mol. The zero-order valence-electron chi connectivity index (χ0n) is 17.6. The van der Waals surface area contributed by atoms with Gasteiger partial charge in [-0.25, -0.2) is 4.79 Å². The number of hydrogen-bond donors (Lipinski definition) is 1. The Morgan fingerprint density at radius 1 is 1.23 bits per heavy atom. The number of carbonyl (C=O) groups excluding carboxylic acids is 1. The van der Waals surface area contributed by atoms with Gasteiger partial charge in [0.05, 0.1) is 25.2 Å². The summed E-state index contributed by atoms with van der Waals surface area (Å²) < 4.78 is 46.0. The highest BCUT2D eigenvalue weighted by Crippen LogP contribution is 2.32. The third-order valence-electron chi connectivity index (χ3n) is 5.00. The Morgan fingerprint density at radius 2 is 1.94 bits per heavy atom. The molecule has 3 rings (SSSR count). The van der Waals surface area contributed by atoms with Crippen LogP contribution in [-0.4, -0.2) is 47.7 Å². The first-order valence-electron chi connectivity index (χ1n) is 9.80. The quantitative estimate of drug-likeness (QED) is 0.711. The molecule has 0 aliphatic carbocycles. The van der Waals surface area contributed by atoms with Crippen molar-refractivity contribution >= 4 is 17.5 Å². The molecular weight excluding hydrogens is 413 g/mol. The van der Waals surface area contributed by atoms with Crippen LogP contribution in [0.15, 0.2) is 42.7 Å². The standard InChI is InChI=1S/C21H25F3N4O3/c1-4-30-19(29)26-18-11-25-10-9-15(18)12-28-14-27(13-20(28,2)3)16-5-7-17(8-6-16)31-21(22,23)24/h5-11H,4,12-14H2,1-3H3,(H,26,29). The lowest BCUT2D eigenvalue weighted by Gasteiger charge is -2.30. The van der Waals surface area contributed by atoms with Crippen molar-refractivity contribution in [3.8, 4) is 5.75 Å². The minimum atomic E-state index is -4.71. The van der Waals surface area contributed by atoms with Crippen molar-refractivity contribution in [3.05, 3.63) is 48.3 Å². The van der Waals surface area contributed by atoms with E-state index in [1.165, 1.54) is 12.1 Å². The van der Waals surface area contributed by atoms with Gasteiger partial charge in [0.15, 0.2) is 0 Å². The number of halogens is 3. The molecule has 10 heteroatoms. The molecule has 1 aliphatic rings. The third kappa shape index (κ3) is 6.00. The van der Waals surface area contributed by atoms with Gasteiger partial charge in [-0.3, -0.25) is 15.2 Å². The Morgan fingerprint density at radius 3 is 2.58 bits per heavy atom. The summed E-state index contributed by atoms with van der Waals surface area (Å²) in [6.45, 7) is 7.96. The first kappa shape index (κ1) is 22.7. The predicted octanol–water partition coefficient (Wildman–Crippen LogP) is 4.61. The maximum atomic E-state index is 12.4. The molecule has 1 aromatic heterocycles. The number of pyridine rings is 1. The van der Waals surface area contributed by atoms with E-state index >= 15 is 0 Å². The van der Waals surface area contributed by atoms with Crippen LogP contribution in [0.3, 0.4) is 0 Å². The summed E-state index contributed by atoms with van der Waals surface area (Å²) in [4.78, 5) is 20.2. The number of carbonyl (C=O) groups is 1. The van der Waals surface area contributed by atoms with Crippen molar-refractivity contribution in [2.75, 3.05) is 30.0 Å². The van der Waals surface area contributed by atoms with Crippen molar-refractivity contribution in [1.82, 2.24) is 9.88 Å². The van der Waals surface area contributed by atoms with Gasteiger partial charge in [-0.05, 0) is 56.7 Å². The van der Waals surface area contributed by atoms with Gasteiger partial charge in [0, 0.05) is 30.5 Å². The highest BCUT2D eigenvalue weighted by atomic mass is 19.4. The molecule has 1 saturated heterocycles. The third-order valence-corrected chi connectivity index (χ3v) is 5.00. The summed E-state index contributed by atoms with van der Waals surface area (Å²) >= 11 is 0. The van der Waals surface area contributed by atoms with Crippen molar-refractivity contribution < 1.29 is 27.4 Å². The van der Waals surface area contributed by atoms with Gasteiger partial charge in [-0.15, -0.1) is 13.2 Å². The van der Waals surface area contributed by atoms with Gasteiger partial charge in [0.25, 0.3) is 0 Å². The number of benzene rings is 1. The van der Waals surface area contributed by atoms with E-state index in [1.54, 1.807) is 31.5 Å². The lowest BCUT2D eigenvalue weighted by atomic mass is 10.0. The highest BCUT2D eigenvalue weighted by molar-refractivity contribution is 5.85. The van der Waals surface area contributed by atoms with E-state index in [0.29, 0.717) is 25.4 Å². The summed E-state index contributed by atoms with van der Waals surface area (Å²) in [5.41, 5.74) is 2.03. The maximum Gasteiger partial charge on any atom is 0.573 e. The zero-order valence-corrected chi connectivity index (χ0v) is 17.6. The fraction of sp³-hybridized carbons (Fsp3) is 0.429. The number of nitrogens with one attached hydrogen (secondary N) is 1. The second-order valence-electron chi connectivity index (χ2n) is 7.77. The molecule has 0 radical (unpaired) electrons. The van der Waals surface area contributed by atoms with E-state index in [0.717, 1.165) is 11.3 Å². The summed E-state index contributed by atoms with van der Waals surface area (Å²) in [5, 5.41) is 2.71. The molecule has 0 atom stereocenters. The van der Waals surface area contributed by atoms with E-state index in [9.17, 15) is 18.0 Å². The largest absolute Gasteiger partial charge is 0.573 e. The molecule has 31 heavy (non-hydrogen) atoms. The fourth-order valence-corrected chi connectivity index (χ4v) is 3.47. The lowest BCUT2D eigenvalue weighted by Crippen LogP contribution is -2.39. The number of amides is 1. The van der Waals surface area contributed by atoms with Crippen molar-refractivity contribution in [1.29, 1.82) is 0 Å². The monoisotopic (exact) mass is 438 g/mol. The molecular formula is C21H25F3N4O3. The molecule has 168 valence electrons. The molecule has 2 aromatic rings. The van der Waals surface area contributed by atoms with Crippen LogP contribution < -0.4 is 15.0 Å². The van der Waals surface area contributed by atoms with Crippen LogP contribution in [0.25, 0.3) is 0 Å². The van der Waals surface area contributed by atoms with Crippen molar-refractivity contribution in [2.45, 2.75) is 39.2 Å². The van der Waals surface area contributed by atoms with E-state index in [-0.39, 0.29) is 17.9 Å². The Labute approximate surface area is 178 Å². The van der Waals surface area contributed by atoms with Gasteiger partial charge < -0.3 is 14.4 Å². The van der Waals surface area contributed by atoms with Crippen LogP contribution in [0.2, 0.25) is 0 Å². The number of anilines is 2. The second kappa shape index (κ2) is 9.01. The first-order chi connectivity index (χ1) is 14.6. The number of hydrogen-bond acceptors (Lipinski definition) is 6. The van der Waals surface area contributed by atoms with Crippen molar-refractivity contribution in [3.63, 3.8) is 0 Å². The molecule has 7 nitrogen and oxygen atoms in total. The normalized spacial score (nSPS) is 16.3. The number of ether oxygens (including phenoxy) is 2. The first-order valence-corrected chi connectivity index (χ1v) is 9.80. The summed E-state index contributed by atoms with van der Waals surface area (Å²) in [7, 11) is 0. The second-order valence-corrected chi connectivity index (χ2v) is 7.77. The predicted molar refractivity (Wildman–Crippen MR) is 110 cm³/mol. The van der Waals surface area contributed by atoms with Gasteiger partial charge >= 0.3 is 12.5 Å². The highest BCUT2D eigenvalue weighted by Gasteiger charge is 2.37. The van der Waals surface area contributed by atoms with Gasteiger partial charge in [-0.2, -0.15) is 0 Å². The van der Waals surface area contributed by atoms with Crippen LogP contribution in [0, 0.1) is 0 Å². The van der Waals surface area contributed by atoms with Gasteiger partial charge in [0.1, 0.15) is 5.75 Å². The topological polar surface area (TPSA) is 66.9 Å². The van der Waals surface area contributed by atoms with Gasteiger partial charge in [-0.1, -0.05) is 0 Å². The molecule has 0 bridgehead atoms. The molecule has 1 aliphatic heterocycles. The lowest BCUT2D eigenvalue weighted by molar-refractivity contribution is -0.274. The molecule has 0 spiro atoms. The van der Waals surface area contributed by atoms with Crippen LogP contribution in [0.5, 0.6) is 5.75 Å². The minimum Gasteiger partial charge on any atom is -0.450 e. The summed E-state index contributed by atoms with van der Waals surface area (Å²) in [5.74, 6) is -0.252.